The number of allylic oxidation sites excluding steroid dienone is 2. The summed E-state index contributed by atoms with van der Waals surface area (Å²) in [5.74, 6) is 2.69. The Morgan fingerprint density at radius 2 is 1.38 bits per heavy atom. The van der Waals surface area contributed by atoms with Crippen LogP contribution in [0.1, 0.15) is 27.2 Å². The van der Waals surface area contributed by atoms with Crippen LogP contribution in [-0.4, -0.2) is 62.2 Å². The number of hydrogen-bond donors (Lipinski definition) is 2. The van der Waals surface area contributed by atoms with E-state index >= 15 is 0 Å². The van der Waals surface area contributed by atoms with Crippen molar-refractivity contribution in [2.45, 2.75) is 51.6 Å². The summed E-state index contributed by atoms with van der Waals surface area (Å²) in [6.07, 6.45) is 14.0. The maximum Gasteiger partial charge on any atom is 0.312 e. The second kappa shape index (κ2) is 10.3. The van der Waals surface area contributed by atoms with Crippen molar-refractivity contribution in [2.75, 3.05) is 20.7 Å². The van der Waals surface area contributed by atoms with E-state index in [1.54, 1.807) is 0 Å². The van der Waals surface area contributed by atoms with E-state index in [1.807, 2.05) is 38.2 Å². The number of ether oxygens (including phenoxy) is 3. The molecule has 0 amide bonds. The van der Waals surface area contributed by atoms with E-state index in [9.17, 15) is 9.59 Å². The molecule has 2 saturated heterocycles. The van der Waals surface area contributed by atoms with Crippen LogP contribution in [0, 0.1) is 47.3 Å². The quantitative estimate of drug-likeness (QED) is 0.479. The van der Waals surface area contributed by atoms with Gasteiger partial charge >= 0.3 is 11.9 Å². The summed E-state index contributed by atoms with van der Waals surface area (Å²) in [5.41, 5.74) is 0. The fraction of sp³-hybridized carbons (Fsp3) is 0.704. The number of methoxy groups -OCH3 is 1. The third-order valence-corrected chi connectivity index (χ3v) is 8.74. The van der Waals surface area contributed by atoms with Gasteiger partial charge in [-0.3, -0.25) is 9.59 Å². The lowest BCUT2D eigenvalue weighted by molar-refractivity contribution is -0.147. The fourth-order valence-electron chi connectivity index (χ4n) is 6.59. The summed E-state index contributed by atoms with van der Waals surface area (Å²) in [5, 5.41) is 12.1. The summed E-state index contributed by atoms with van der Waals surface area (Å²) < 4.78 is 15.6. The van der Waals surface area contributed by atoms with Crippen molar-refractivity contribution in [1.29, 1.82) is 0 Å². The Morgan fingerprint density at radius 1 is 0.853 bits per heavy atom. The summed E-state index contributed by atoms with van der Waals surface area (Å²) in [7, 11) is 3.48. The van der Waals surface area contributed by atoms with Gasteiger partial charge < -0.3 is 24.6 Å². The van der Waals surface area contributed by atoms with Crippen molar-refractivity contribution in [1.82, 2.24) is 5.32 Å². The van der Waals surface area contributed by atoms with Crippen molar-refractivity contribution < 1.29 is 28.9 Å². The zero-order valence-corrected chi connectivity index (χ0v) is 20.8. The zero-order chi connectivity index (χ0) is 24.6. The Labute approximate surface area is 202 Å². The molecule has 0 aromatic heterocycles. The average molecular weight is 474 g/mol. The zero-order valence-electron chi connectivity index (χ0n) is 20.8. The molecule has 12 atom stereocenters. The molecule has 34 heavy (non-hydrogen) atoms. The molecule has 4 heterocycles. The normalized spacial score (nSPS) is 45.7. The smallest absolute Gasteiger partial charge is 0.312 e. The number of carbonyl (C=O) groups excluding carboxylic acids is 1. The second-order valence-electron chi connectivity index (χ2n) is 10.6. The van der Waals surface area contributed by atoms with Gasteiger partial charge in [0.25, 0.3) is 0 Å². The first kappa shape index (κ1) is 25.1. The van der Waals surface area contributed by atoms with Crippen molar-refractivity contribution in [3.8, 4) is 0 Å². The lowest BCUT2D eigenvalue weighted by atomic mass is 9.84. The maximum atomic E-state index is 11.3. The number of fused-ring (bicyclic) bond motifs is 6. The third-order valence-electron chi connectivity index (χ3n) is 8.74. The number of rotatable bonds is 4. The van der Waals surface area contributed by atoms with Gasteiger partial charge in [0, 0.05) is 11.8 Å². The molecule has 0 spiro atoms. The highest BCUT2D eigenvalue weighted by Gasteiger charge is 2.48. The number of carboxylic acids is 1. The minimum absolute atomic E-state index is 0.0427. The minimum atomic E-state index is -0.741. The standard InChI is InChI=1S/C10H17N.C9H12O3.C8H10O3/c1-7-8-3-4-9(5-8)10(7)6-11-2;1-5-6-3-4-7(12-6)8(5)9(10)11-2;1-4-5-2-3-6(11-5)7(4)8(9)10/h3-4,7-11H,5-6H2,1-2H3;3-8H,1-2H3;2-7H,1H3,(H,9,10). The first-order valence-corrected chi connectivity index (χ1v) is 12.6. The molecule has 12 unspecified atom stereocenters. The summed E-state index contributed by atoms with van der Waals surface area (Å²) in [4.78, 5) is 22.0. The molecule has 6 bridgehead atoms. The maximum absolute atomic E-state index is 11.3. The largest absolute Gasteiger partial charge is 0.481 e. The number of carbonyl (C=O) groups is 2. The fourth-order valence-corrected chi connectivity index (χ4v) is 6.59. The average Bonchev–Trinajstić information content (AvgIpc) is 3.64. The lowest BCUT2D eigenvalue weighted by Crippen LogP contribution is -2.30. The topological polar surface area (TPSA) is 94.1 Å². The molecule has 6 aliphatic rings. The molecule has 4 aliphatic heterocycles. The molecule has 6 rings (SSSR count). The van der Waals surface area contributed by atoms with Crippen LogP contribution in [0.4, 0.5) is 0 Å². The van der Waals surface area contributed by atoms with Crippen LogP contribution >= 0.6 is 0 Å². The van der Waals surface area contributed by atoms with Crippen LogP contribution in [0.15, 0.2) is 36.5 Å². The lowest BCUT2D eigenvalue weighted by Gasteiger charge is -2.24. The number of carboxylic acid groups (broad SMARTS) is 1. The molecule has 0 aromatic rings. The highest BCUT2D eigenvalue weighted by molar-refractivity contribution is 5.74. The van der Waals surface area contributed by atoms with E-state index < -0.39 is 5.97 Å². The number of aliphatic carboxylic acids is 1. The Hall–Kier alpha value is -1.96. The molecule has 2 N–H and O–H groups in total. The molecule has 7 heteroatoms. The van der Waals surface area contributed by atoms with Crippen LogP contribution < -0.4 is 5.32 Å². The van der Waals surface area contributed by atoms with Gasteiger partial charge in [-0.05, 0) is 43.7 Å². The van der Waals surface area contributed by atoms with Gasteiger partial charge in [0.15, 0.2) is 0 Å². The van der Waals surface area contributed by atoms with E-state index in [0.717, 1.165) is 23.7 Å². The Kier molecular flexibility index (Phi) is 7.65. The molecule has 1 saturated carbocycles. The number of esters is 1. The minimum Gasteiger partial charge on any atom is -0.481 e. The van der Waals surface area contributed by atoms with Crippen molar-refractivity contribution in [2.24, 2.45) is 47.3 Å². The predicted octanol–water partition coefficient (Wildman–Crippen LogP) is 3.07. The Balaban J connectivity index is 0.000000121. The van der Waals surface area contributed by atoms with Gasteiger partial charge in [0.05, 0.1) is 43.4 Å². The summed E-state index contributed by atoms with van der Waals surface area (Å²) in [6, 6.07) is 0. The number of hydrogen-bond acceptors (Lipinski definition) is 6. The van der Waals surface area contributed by atoms with Crippen molar-refractivity contribution >= 4 is 11.9 Å². The van der Waals surface area contributed by atoms with Crippen LogP contribution in [0.5, 0.6) is 0 Å². The van der Waals surface area contributed by atoms with Crippen LogP contribution in [0.2, 0.25) is 0 Å². The van der Waals surface area contributed by atoms with Gasteiger partial charge in [-0.2, -0.15) is 0 Å². The molecule has 3 fully saturated rings. The van der Waals surface area contributed by atoms with E-state index in [1.165, 1.54) is 20.1 Å². The van der Waals surface area contributed by atoms with E-state index in [-0.39, 0.29) is 54.1 Å². The molecular weight excluding hydrogens is 434 g/mol. The summed E-state index contributed by atoms with van der Waals surface area (Å²) >= 11 is 0. The van der Waals surface area contributed by atoms with Gasteiger partial charge in [0.1, 0.15) is 0 Å². The van der Waals surface area contributed by atoms with E-state index in [2.05, 4.69) is 31.4 Å². The van der Waals surface area contributed by atoms with E-state index in [4.69, 9.17) is 19.3 Å². The molecule has 0 radical (unpaired) electrons. The van der Waals surface area contributed by atoms with Crippen molar-refractivity contribution in [3.05, 3.63) is 36.5 Å². The predicted molar refractivity (Wildman–Crippen MR) is 128 cm³/mol. The van der Waals surface area contributed by atoms with Gasteiger partial charge in [-0.15, -0.1) is 0 Å². The Morgan fingerprint density at radius 3 is 1.76 bits per heavy atom. The molecule has 7 nitrogen and oxygen atoms in total. The highest BCUT2D eigenvalue weighted by atomic mass is 16.5. The highest BCUT2D eigenvalue weighted by Crippen LogP contribution is 2.47. The number of nitrogens with one attached hydrogen (secondary N) is 1. The monoisotopic (exact) mass is 473 g/mol. The Bertz CT molecular complexity index is 852. The van der Waals surface area contributed by atoms with Gasteiger partial charge in [-0.1, -0.05) is 57.2 Å². The van der Waals surface area contributed by atoms with Crippen LogP contribution in [0.25, 0.3) is 0 Å². The van der Waals surface area contributed by atoms with E-state index in [0.29, 0.717) is 0 Å². The molecule has 2 aliphatic carbocycles. The van der Waals surface area contributed by atoms with Gasteiger partial charge in [-0.25, -0.2) is 0 Å². The van der Waals surface area contributed by atoms with Crippen molar-refractivity contribution in [3.63, 3.8) is 0 Å². The first-order valence-electron chi connectivity index (χ1n) is 12.6. The summed E-state index contributed by atoms with van der Waals surface area (Å²) in [6.45, 7) is 7.55. The first-order chi connectivity index (χ1) is 16.3. The molecule has 0 aromatic carbocycles. The third kappa shape index (κ3) is 4.62. The second-order valence-corrected chi connectivity index (χ2v) is 10.6. The van der Waals surface area contributed by atoms with Crippen LogP contribution in [-0.2, 0) is 23.8 Å². The SMILES string of the molecule is CC1C2C=CC(O2)C1C(=O)O.CNCC1C2C=CC(C2)C1C.COC(=O)C1C2C=CC(O2)C1C. The van der Waals surface area contributed by atoms with Gasteiger partial charge in [0.2, 0.25) is 0 Å². The van der Waals surface area contributed by atoms with Crippen LogP contribution in [0.3, 0.4) is 0 Å². The molecular formula is C27H39NO6. The molecule has 188 valence electrons.